The molecular weight excluding hydrogens is 569 g/mol. The zero-order chi connectivity index (χ0) is 24.6. The van der Waals surface area contributed by atoms with Gasteiger partial charge < -0.3 is 30.2 Å². The summed E-state index contributed by atoms with van der Waals surface area (Å²) in [5.74, 6) is 1.11. The molecule has 0 spiro atoms. The maximum absolute atomic E-state index is 13.0. The number of methoxy groups -OCH3 is 1. The highest BCUT2D eigenvalue weighted by Crippen LogP contribution is 2.41. The van der Waals surface area contributed by atoms with E-state index in [0.717, 1.165) is 4.43 Å². The fourth-order valence-electron chi connectivity index (χ4n) is 3.36. The highest BCUT2D eigenvalue weighted by Gasteiger charge is 2.42. The van der Waals surface area contributed by atoms with E-state index in [4.69, 9.17) is 26.4 Å². The molecule has 1 aromatic rings. The standard InChI is InChI=1S/C24H26IN3O5S/c1-24(13-18(31-2)21-19(14-24)32-15-33-21)22(30)28-23(34)27-17-9-7-8-16(12-17)26-20(29)10-5-3-4-6-11-25/h3-9,12-13H,10-11,14-15H2,1-2H3,(H,26,29)(H2,27,28,30,34)/b5-3-,6-4-. The van der Waals surface area contributed by atoms with Crippen LogP contribution in [0, 0.1) is 5.41 Å². The van der Waals surface area contributed by atoms with Gasteiger partial charge in [0, 0.05) is 28.6 Å². The largest absolute Gasteiger partial charge is 0.493 e. The van der Waals surface area contributed by atoms with E-state index in [2.05, 4.69) is 38.5 Å². The number of thiocarbonyl (C=S) groups is 1. The number of nitrogens with one attached hydrogen (secondary N) is 3. The van der Waals surface area contributed by atoms with E-state index in [0.29, 0.717) is 35.1 Å². The predicted octanol–water partition coefficient (Wildman–Crippen LogP) is 4.53. The van der Waals surface area contributed by atoms with Crippen molar-refractivity contribution in [3.63, 3.8) is 0 Å². The van der Waals surface area contributed by atoms with E-state index in [-0.39, 0.29) is 30.1 Å². The Morgan fingerprint density at radius 1 is 1.21 bits per heavy atom. The Kier molecular flexibility index (Phi) is 9.11. The van der Waals surface area contributed by atoms with Crippen LogP contribution in [0.5, 0.6) is 0 Å². The van der Waals surface area contributed by atoms with Crippen molar-refractivity contribution in [1.29, 1.82) is 0 Å². The van der Waals surface area contributed by atoms with Gasteiger partial charge in [-0.1, -0.05) is 53.0 Å². The summed E-state index contributed by atoms with van der Waals surface area (Å²) < 4.78 is 17.2. The third-order valence-corrected chi connectivity index (χ3v) is 5.75. The van der Waals surface area contributed by atoms with Crippen molar-refractivity contribution >= 4 is 63.1 Å². The first-order valence-electron chi connectivity index (χ1n) is 10.5. The highest BCUT2D eigenvalue weighted by molar-refractivity contribution is 14.1. The smallest absolute Gasteiger partial charge is 0.236 e. The number of anilines is 2. The zero-order valence-corrected chi connectivity index (χ0v) is 21.8. The van der Waals surface area contributed by atoms with Crippen LogP contribution in [0.1, 0.15) is 19.8 Å². The molecule has 8 nitrogen and oxygen atoms in total. The predicted molar refractivity (Wildman–Crippen MR) is 143 cm³/mol. The maximum Gasteiger partial charge on any atom is 0.236 e. The van der Waals surface area contributed by atoms with Gasteiger partial charge in [0.25, 0.3) is 0 Å². The van der Waals surface area contributed by atoms with E-state index in [9.17, 15) is 9.59 Å². The summed E-state index contributed by atoms with van der Waals surface area (Å²) in [7, 11) is 1.51. The van der Waals surface area contributed by atoms with Crippen molar-refractivity contribution < 1.29 is 23.8 Å². The molecule has 2 amide bonds. The maximum atomic E-state index is 13.0. The van der Waals surface area contributed by atoms with Crippen molar-refractivity contribution in [2.45, 2.75) is 19.8 Å². The molecule has 1 unspecified atom stereocenters. The highest BCUT2D eigenvalue weighted by atomic mass is 127. The Hall–Kier alpha value is -2.86. The molecule has 1 heterocycles. The summed E-state index contributed by atoms with van der Waals surface area (Å²) >= 11 is 7.59. The molecule has 3 N–H and O–H groups in total. The number of rotatable bonds is 8. The minimum atomic E-state index is -0.932. The Balaban J connectivity index is 1.56. The minimum absolute atomic E-state index is 0.0990. The fourth-order valence-corrected chi connectivity index (χ4v) is 3.87. The first-order chi connectivity index (χ1) is 16.3. The summed E-state index contributed by atoms with van der Waals surface area (Å²) in [5.41, 5.74) is 0.312. The topological polar surface area (TPSA) is 97.9 Å². The van der Waals surface area contributed by atoms with Gasteiger partial charge in [0.2, 0.25) is 24.4 Å². The van der Waals surface area contributed by atoms with Crippen LogP contribution in [0.3, 0.4) is 0 Å². The van der Waals surface area contributed by atoms with Crippen LogP contribution in [-0.2, 0) is 23.8 Å². The molecule has 1 atom stereocenters. The van der Waals surface area contributed by atoms with Gasteiger partial charge in [-0.2, -0.15) is 0 Å². The van der Waals surface area contributed by atoms with Crippen LogP contribution in [0.25, 0.3) is 0 Å². The third kappa shape index (κ3) is 6.83. The van der Waals surface area contributed by atoms with E-state index >= 15 is 0 Å². The summed E-state index contributed by atoms with van der Waals surface area (Å²) in [6.45, 7) is 1.87. The Labute approximate surface area is 217 Å². The second-order valence-electron chi connectivity index (χ2n) is 7.72. The second-order valence-corrected chi connectivity index (χ2v) is 9.01. The molecule has 10 heteroatoms. The number of halogens is 1. The Morgan fingerprint density at radius 3 is 2.68 bits per heavy atom. The average Bonchev–Trinajstić information content (AvgIpc) is 3.26. The number of allylic oxidation sites excluding steroid dienone is 4. The van der Waals surface area contributed by atoms with Crippen LogP contribution < -0.4 is 16.0 Å². The van der Waals surface area contributed by atoms with Crippen molar-refractivity contribution in [3.05, 3.63) is 71.9 Å². The van der Waals surface area contributed by atoms with Crippen LogP contribution in [0.15, 0.2) is 71.9 Å². The number of alkyl halides is 1. The minimum Gasteiger partial charge on any atom is -0.493 e. The lowest BCUT2D eigenvalue weighted by atomic mass is 9.81. The Morgan fingerprint density at radius 2 is 1.94 bits per heavy atom. The average molecular weight is 595 g/mol. The monoisotopic (exact) mass is 595 g/mol. The molecule has 3 rings (SSSR count). The lowest BCUT2D eigenvalue weighted by Gasteiger charge is -2.29. The van der Waals surface area contributed by atoms with E-state index < -0.39 is 5.41 Å². The lowest BCUT2D eigenvalue weighted by molar-refractivity contribution is -0.126. The number of benzene rings is 1. The lowest BCUT2D eigenvalue weighted by Crippen LogP contribution is -2.44. The molecular formula is C24H26IN3O5S. The SMILES string of the molecule is COC1=CC(C)(C(=O)NC(=S)Nc2cccc(NC(=O)C/C=C\C=C/CI)c2)CC2=C1OCO2. The first kappa shape index (κ1) is 25.8. The summed E-state index contributed by atoms with van der Waals surface area (Å²) in [6, 6.07) is 7.08. The van der Waals surface area contributed by atoms with Crippen molar-refractivity contribution in [2.24, 2.45) is 5.41 Å². The third-order valence-electron chi connectivity index (χ3n) is 5.04. The van der Waals surface area contributed by atoms with Gasteiger partial charge in [-0.05, 0) is 43.4 Å². The molecule has 0 saturated carbocycles. The molecule has 0 fully saturated rings. The Bertz CT molecular complexity index is 1080. The molecule has 0 saturated heterocycles. The number of ether oxygens (including phenoxy) is 3. The van der Waals surface area contributed by atoms with Gasteiger partial charge in [0.15, 0.2) is 10.9 Å². The zero-order valence-electron chi connectivity index (χ0n) is 18.9. The quantitative estimate of drug-likeness (QED) is 0.176. The van der Waals surface area contributed by atoms with Gasteiger partial charge in [0.05, 0.1) is 12.5 Å². The van der Waals surface area contributed by atoms with Crippen molar-refractivity contribution in [1.82, 2.24) is 5.32 Å². The van der Waals surface area contributed by atoms with Gasteiger partial charge in [0.1, 0.15) is 5.76 Å². The molecule has 1 aliphatic heterocycles. The number of hydrogen-bond acceptors (Lipinski definition) is 6. The number of hydrogen-bond donors (Lipinski definition) is 3. The summed E-state index contributed by atoms with van der Waals surface area (Å²) in [6.07, 6.45) is 9.84. The van der Waals surface area contributed by atoms with Gasteiger partial charge in [-0.25, -0.2) is 0 Å². The van der Waals surface area contributed by atoms with Crippen LogP contribution >= 0.6 is 34.8 Å². The molecule has 0 bridgehead atoms. The fraction of sp³-hybridized carbons (Fsp3) is 0.292. The molecule has 180 valence electrons. The molecule has 2 aliphatic rings. The summed E-state index contributed by atoms with van der Waals surface area (Å²) in [4.78, 5) is 25.2. The van der Waals surface area contributed by atoms with E-state index in [1.54, 1.807) is 43.3 Å². The van der Waals surface area contributed by atoms with Crippen LogP contribution in [-0.4, -0.2) is 35.3 Å². The molecule has 0 aromatic heterocycles. The van der Waals surface area contributed by atoms with E-state index in [1.807, 2.05) is 18.2 Å². The first-order valence-corrected chi connectivity index (χ1v) is 12.4. The van der Waals surface area contributed by atoms with Gasteiger partial charge >= 0.3 is 0 Å². The van der Waals surface area contributed by atoms with E-state index in [1.165, 1.54) is 7.11 Å². The van der Waals surface area contributed by atoms with Gasteiger partial charge in [-0.15, -0.1) is 0 Å². The van der Waals surface area contributed by atoms with Gasteiger partial charge in [-0.3, -0.25) is 9.59 Å². The molecule has 1 aliphatic carbocycles. The number of carbonyl (C=O) groups is 2. The second kappa shape index (κ2) is 12.0. The normalized spacial score (nSPS) is 19.2. The molecule has 0 radical (unpaired) electrons. The molecule has 34 heavy (non-hydrogen) atoms. The van der Waals surface area contributed by atoms with Crippen LogP contribution in [0.4, 0.5) is 11.4 Å². The van der Waals surface area contributed by atoms with Crippen molar-refractivity contribution in [3.8, 4) is 0 Å². The number of carbonyl (C=O) groups excluding carboxylic acids is 2. The number of amides is 2. The summed E-state index contributed by atoms with van der Waals surface area (Å²) in [5, 5.41) is 8.69. The molecule has 1 aromatic carbocycles. The van der Waals surface area contributed by atoms with Crippen molar-refractivity contribution in [2.75, 3.05) is 29.0 Å². The van der Waals surface area contributed by atoms with Crippen LogP contribution in [0.2, 0.25) is 0 Å².